The first-order valence-electron chi connectivity index (χ1n) is 8.38. The summed E-state index contributed by atoms with van der Waals surface area (Å²) in [5.41, 5.74) is 2.81. The lowest BCUT2D eigenvalue weighted by molar-refractivity contribution is 0.414. The Morgan fingerprint density at radius 2 is 1.56 bits per heavy atom. The number of aryl methyl sites for hydroxylation is 1. The number of rotatable bonds is 6. The molecule has 0 saturated carbocycles. The van der Waals surface area contributed by atoms with E-state index in [1.165, 1.54) is 19.2 Å². The van der Waals surface area contributed by atoms with Gasteiger partial charge < -0.3 is 4.74 Å². The molecule has 0 heterocycles. The van der Waals surface area contributed by atoms with Crippen molar-refractivity contribution in [2.45, 2.75) is 17.9 Å². The molecule has 0 aliphatic heterocycles. The number of ether oxygens (including phenoxy) is 1. The molecule has 0 aromatic heterocycles. The maximum atomic E-state index is 13.0. The van der Waals surface area contributed by atoms with Crippen LogP contribution < -0.4 is 9.46 Å². The first-order chi connectivity index (χ1) is 12.9. The summed E-state index contributed by atoms with van der Waals surface area (Å²) in [7, 11) is -2.32. The zero-order valence-corrected chi connectivity index (χ0v) is 16.6. The molecule has 0 aliphatic carbocycles. The lowest BCUT2D eigenvalue weighted by Crippen LogP contribution is -2.29. The van der Waals surface area contributed by atoms with Gasteiger partial charge in [0.05, 0.1) is 23.1 Å². The summed E-state index contributed by atoms with van der Waals surface area (Å²) in [6, 6.07) is 21.1. The number of methoxy groups -OCH3 is 1. The molecule has 0 unspecified atom stereocenters. The molecule has 0 fully saturated rings. The standard InChI is InChI=1S/C21H20ClNO3S/c1-15-8-10-17(11-9-15)21(16-6-4-3-5-7-16)23-27(24,25)18-12-13-20(26-2)19(22)14-18/h3-14,21,23H,1-2H3/t21-/m1/s1. The third kappa shape index (κ3) is 4.50. The van der Waals surface area contributed by atoms with Gasteiger partial charge in [0, 0.05) is 0 Å². The van der Waals surface area contributed by atoms with Crippen LogP contribution in [0.4, 0.5) is 0 Å². The Hall–Kier alpha value is -2.34. The summed E-state index contributed by atoms with van der Waals surface area (Å²) >= 11 is 6.11. The Kier molecular flexibility index (Phi) is 5.85. The Morgan fingerprint density at radius 3 is 2.15 bits per heavy atom. The van der Waals surface area contributed by atoms with Crippen molar-refractivity contribution >= 4 is 21.6 Å². The number of nitrogens with one attached hydrogen (secondary N) is 1. The molecule has 3 rings (SSSR count). The molecular weight excluding hydrogens is 382 g/mol. The first-order valence-corrected chi connectivity index (χ1v) is 10.2. The van der Waals surface area contributed by atoms with Gasteiger partial charge in [-0.05, 0) is 36.2 Å². The maximum absolute atomic E-state index is 13.0. The van der Waals surface area contributed by atoms with Crippen LogP contribution in [0, 0.1) is 6.92 Å². The number of sulfonamides is 1. The average Bonchev–Trinajstić information content (AvgIpc) is 2.67. The number of hydrogen-bond acceptors (Lipinski definition) is 3. The smallest absolute Gasteiger partial charge is 0.241 e. The van der Waals surface area contributed by atoms with Gasteiger partial charge in [-0.1, -0.05) is 71.8 Å². The van der Waals surface area contributed by atoms with Gasteiger partial charge in [-0.2, -0.15) is 4.72 Å². The van der Waals surface area contributed by atoms with Gasteiger partial charge in [0.1, 0.15) is 5.75 Å². The molecule has 4 nitrogen and oxygen atoms in total. The van der Waals surface area contributed by atoms with E-state index in [0.717, 1.165) is 16.7 Å². The van der Waals surface area contributed by atoms with Crippen molar-refractivity contribution in [3.63, 3.8) is 0 Å². The van der Waals surface area contributed by atoms with Crippen molar-refractivity contribution in [1.29, 1.82) is 0 Å². The van der Waals surface area contributed by atoms with E-state index in [2.05, 4.69) is 4.72 Å². The lowest BCUT2D eigenvalue weighted by atomic mass is 9.99. The molecule has 0 saturated heterocycles. The van der Waals surface area contributed by atoms with E-state index in [9.17, 15) is 8.42 Å². The van der Waals surface area contributed by atoms with E-state index >= 15 is 0 Å². The highest BCUT2D eigenvalue weighted by Crippen LogP contribution is 2.29. The lowest BCUT2D eigenvalue weighted by Gasteiger charge is -2.20. The van der Waals surface area contributed by atoms with Gasteiger partial charge in [0.2, 0.25) is 10.0 Å². The largest absolute Gasteiger partial charge is 0.495 e. The van der Waals surface area contributed by atoms with Crippen LogP contribution in [-0.2, 0) is 10.0 Å². The monoisotopic (exact) mass is 401 g/mol. The average molecular weight is 402 g/mol. The second kappa shape index (κ2) is 8.13. The molecule has 0 amide bonds. The second-order valence-electron chi connectivity index (χ2n) is 6.17. The van der Waals surface area contributed by atoms with Crippen molar-refractivity contribution < 1.29 is 13.2 Å². The summed E-state index contributed by atoms with van der Waals surface area (Å²) in [6.45, 7) is 1.99. The minimum Gasteiger partial charge on any atom is -0.495 e. The van der Waals surface area contributed by atoms with Crippen LogP contribution in [0.1, 0.15) is 22.7 Å². The molecule has 6 heteroatoms. The zero-order valence-electron chi connectivity index (χ0n) is 15.0. The molecule has 140 valence electrons. The molecule has 3 aromatic carbocycles. The highest BCUT2D eigenvalue weighted by atomic mass is 35.5. The van der Waals surface area contributed by atoms with Crippen molar-refractivity contribution in [2.24, 2.45) is 0 Å². The van der Waals surface area contributed by atoms with Crippen LogP contribution in [0.15, 0.2) is 77.7 Å². The van der Waals surface area contributed by atoms with Gasteiger partial charge >= 0.3 is 0 Å². The number of hydrogen-bond donors (Lipinski definition) is 1. The predicted octanol–water partition coefficient (Wildman–Crippen LogP) is 4.72. The van der Waals surface area contributed by atoms with Gasteiger partial charge in [-0.15, -0.1) is 0 Å². The molecule has 0 spiro atoms. The fourth-order valence-electron chi connectivity index (χ4n) is 2.77. The molecule has 0 bridgehead atoms. The summed E-state index contributed by atoms with van der Waals surface area (Å²) in [6.07, 6.45) is 0. The normalized spacial score (nSPS) is 12.6. The summed E-state index contributed by atoms with van der Waals surface area (Å²) in [5.74, 6) is 0.425. The number of halogens is 1. The van der Waals surface area contributed by atoms with E-state index in [1.807, 2.05) is 61.5 Å². The fraction of sp³-hybridized carbons (Fsp3) is 0.143. The van der Waals surface area contributed by atoms with Crippen molar-refractivity contribution in [3.05, 3.63) is 94.5 Å². The van der Waals surface area contributed by atoms with Crippen molar-refractivity contribution in [2.75, 3.05) is 7.11 Å². The number of benzene rings is 3. The topological polar surface area (TPSA) is 55.4 Å². The third-order valence-corrected chi connectivity index (χ3v) is 5.97. The van der Waals surface area contributed by atoms with Crippen LogP contribution in [0.5, 0.6) is 5.75 Å². The summed E-state index contributed by atoms with van der Waals surface area (Å²) in [5, 5.41) is 0.243. The van der Waals surface area contributed by atoms with Gasteiger partial charge in [-0.3, -0.25) is 0 Å². The Bertz CT molecular complexity index is 1020. The second-order valence-corrected chi connectivity index (χ2v) is 8.29. The highest BCUT2D eigenvalue weighted by Gasteiger charge is 2.23. The van der Waals surface area contributed by atoms with E-state index in [4.69, 9.17) is 16.3 Å². The quantitative estimate of drug-likeness (QED) is 0.649. The molecule has 0 aliphatic rings. The molecule has 0 radical (unpaired) electrons. The molecule has 1 N–H and O–H groups in total. The minimum atomic E-state index is -3.80. The molecule has 1 atom stereocenters. The maximum Gasteiger partial charge on any atom is 0.241 e. The van der Waals surface area contributed by atoms with Crippen LogP contribution in [0.25, 0.3) is 0 Å². The van der Waals surface area contributed by atoms with Gasteiger partial charge in [0.15, 0.2) is 0 Å². The third-order valence-electron chi connectivity index (χ3n) is 4.25. The molecule has 27 heavy (non-hydrogen) atoms. The zero-order chi connectivity index (χ0) is 19.4. The highest BCUT2D eigenvalue weighted by molar-refractivity contribution is 7.89. The fourth-order valence-corrected chi connectivity index (χ4v) is 4.33. The Labute approximate surface area is 164 Å². The van der Waals surface area contributed by atoms with E-state index in [0.29, 0.717) is 5.75 Å². The van der Waals surface area contributed by atoms with Gasteiger partial charge in [-0.25, -0.2) is 8.42 Å². The van der Waals surface area contributed by atoms with E-state index < -0.39 is 16.1 Å². The molecular formula is C21H20ClNO3S. The minimum absolute atomic E-state index is 0.0846. The van der Waals surface area contributed by atoms with Crippen LogP contribution in [0.3, 0.4) is 0 Å². The summed E-state index contributed by atoms with van der Waals surface area (Å²) < 4.78 is 33.9. The van der Waals surface area contributed by atoms with Crippen molar-refractivity contribution in [3.8, 4) is 5.75 Å². The molecule has 3 aromatic rings. The van der Waals surface area contributed by atoms with E-state index in [1.54, 1.807) is 6.07 Å². The van der Waals surface area contributed by atoms with Crippen LogP contribution >= 0.6 is 11.6 Å². The van der Waals surface area contributed by atoms with Gasteiger partial charge in [0.25, 0.3) is 0 Å². The first kappa shape index (κ1) is 19.4. The SMILES string of the molecule is COc1ccc(S(=O)(=O)N[C@H](c2ccccc2)c2ccc(C)cc2)cc1Cl. The van der Waals surface area contributed by atoms with E-state index in [-0.39, 0.29) is 9.92 Å². The van der Waals surface area contributed by atoms with Crippen molar-refractivity contribution in [1.82, 2.24) is 4.72 Å². The predicted molar refractivity (Wildman–Crippen MR) is 108 cm³/mol. The summed E-state index contributed by atoms with van der Waals surface area (Å²) in [4.78, 5) is 0.0846. The Morgan fingerprint density at radius 1 is 0.926 bits per heavy atom. The van der Waals surface area contributed by atoms with Crippen LogP contribution in [-0.4, -0.2) is 15.5 Å². The van der Waals surface area contributed by atoms with Crippen LogP contribution in [0.2, 0.25) is 5.02 Å². The Balaban J connectivity index is 2.00.